The molecule has 0 fully saturated rings. The molecule has 2 aromatic rings. The first-order valence-corrected chi connectivity index (χ1v) is 6.82. The van der Waals surface area contributed by atoms with Gasteiger partial charge in [0.25, 0.3) is 0 Å². The molecule has 0 aliphatic rings. The summed E-state index contributed by atoms with van der Waals surface area (Å²) in [4.78, 5) is 2.11. The SMILES string of the molecule is CCc1ccc(CN(C)c2cc(Cl)ccc2N)cc1. The highest BCUT2D eigenvalue weighted by Crippen LogP contribution is 2.27. The van der Waals surface area contributed by atoms with Crippen LogP contribution in [0.4, 0.5) is 11.4 Å². The molecule has 0 atom stereocenters. The fraction of sp³-hybridized carbons (Fsp3) is 0.250. The Hall–Kier alpha value is -1.67. The van der Waals surface area contributed by atoms with Crippen LogP contribution in [-0.4, -0.2) is 7.05 Å². The van der Waals surface area contributed by atoms with Crippen molar-refractivity contribution in [1.29, 1.82) is 0 Å². The third-order valence-electron chi connectivity index (χ3n) is 3.25. The lowest BCUT2D eigenvalue weighted by atomic mass is 10.1. The van der Waals surface area contributed by atoms with E-state index in [9.17, 15) is 0 Å². The lowest BCUT2D eigenvalue weighted by Crippen LogP contribution is -2.17. The van der Waals surface area contributed by atoms with Crippen molar-refractivity contribution in [2.75, 3.05) is 17.7 Å². The van der Waals surface area contributed by atoms with Crippen LogP contribution in [-0.2, 0) is 13.0 Å². The van der Waals surface area contributed by atoms with Crippen LogP contribution >= 0.6 is 11.6 Å². The molecule has 0 heterocycles. The molecule has 0 aliphatic carbocycles. The number of benzene rings is 2. The van der Waals surface area contributed by atoms with Gasteiger partial charge in [0, 0.05) is 18.6 Å². The highest BCUT2D eigenvalue weighted by Gasteiger charge is 2.07. The topological polar surface area (TPSA) is 29.3 Å². The third-order valence-corrected chi connectivity index (χ3v) is 3.49. The van der Waals surface area contributed by atoms with Gasteiger partial charge in [-0.15, -0.1) is 0 Å². The Morgan fingerprint density at radius 3 is 2.32 bits per heavy atom. The molecule has 0 saturated heterocycles. The van der Waals surface area contributed by atoms with Gasteiger partial charge in [-0.25, -0.2) is 0 Å². The number of aryl methyl sites for hydroxylation is 1. The summed E-state index contributed by atoms with van der Waals surface area (Å²) in [6.45, 7) is 2.97. The minimum atomic E-state index is 0.706. The largest absolute Gasteiger partial charge is 0.397 e. The van der Waals surface area contributed by atoms with E-state index in [1.54, 1.807) is 0 Å². The second kappa shape index (κ2) is 5.98. The first kappa shape index (κ1) is 13.8. The molecule has 3 heteroatoms. The summed E-state index contributed by atoms with van der Waals surface area (Å²) < 4.78 is 0. The number of nitrogens with two attached hydrogens (primary N) is 1. The van der Waals surface area contributed by atoms with Crippen molar-refractivity contribution < 1.29 is 0 Å². The molecule has 0 amide bonds. The molecule has 0 unspecified atom stereocenters. The van der Waals surface area contributed by atoms with Crippen molar-refractivity contribution in [1.82, 2.24) is 0 Å². The fourth-order valence-electron chi connectivity index (χ4n) is 2.09. The van der Waals surface area contributed by atoms with Crippen molar-refractivity contribution in [2.24, 2.45) is 0 Å². The zero-order chi connectivity index (χ0) is 13.8. The van der Waals surface area contributed by atoms with Crippen LogP contribution in [0, 0.1) is 0 Å². The number of anilines is 2. The van der Waals surface area contributed by atoms with Gasteiger partial charge in [-0.3, -0.25) is 0 Å². The number of rotatable bonds is 4. The molecule has 0 saturated carbocycles. The molecule has 2 aromatic carbocycles. The molecule has 2 N–H and O–H groups in total. The van der Waals surface area contributed by atoms with Crippen LogP contribution < -0.4 is 10.6 Å². The van der Waals surface area contributed by atoms with Crippen LogP contribution in [0.2, 0.25) is 5.02 Å². The fourth-order valence-corrected chi connectivity index (χ4v) is 2.25. The monoisotopic (exact) mass is 274 g/mol. The predicted octanol–water partition coefficient (Wildman–Crippen LogP) is 4.12. The van der Waals surface area contributed by atoms with Crippen LogP contribution in [0.15, 0.2) is 42.5 Å². The highest BCUT2D eigenvalue weighted by atomic mass is 35.5. The summed E-state index contributed by atoms with van der Waals surface area (Å²) in [6.07, 6.45) is 1.07. The summed E-state index contributed by atoms with van der Waals surface area (Å²) >= 11 is 6.02. The van der Waals surface area contributed by atoms with Crippen LogP contribution in [0.25, 0.3) is 0 Å². The number of nitrogen functional groups attached to an aromatic ring is 1. The standard InChI is InChI=1S/C16H19ClN2/c1-3-12-4-6-13(7-5-12)11-19(2)16-10-14(17)8-9-15(16)18/h4-10H,3,11,18H2,1-2H3. The van der Waals surface area contributed by atoms with Gasteiger partial charge in [0.15, 0.2) is 0 Å². The van der Waals surface area contributed by atoms with Crippen LogP contribution in [0.1, 0.15) is 18.1 Å². The van der Waals surface area contributed by atoms with E-state index in [0.717, 1.165) is 24.3 Å². The highest BCUT2D eigenvalue weighted by molar-refractivity contribution is 6.31. The van der Waals surface area contributed by atoms with Crippen molar-refractivity contribution in [3.8, 4) is 0 Å². The van der Waals surface area contributed by atoms with Crippen LogP contribution in [0.5, 0.6) is 0 Å². The van der Waals surface area contributed by atoms with Gasteiger partial charge in [-0.1, -0.05) is 42.8 Å². The van der Waals surface area contributed by atoms with Crippen LogP contribution in [0.3, 0.4) is 0 Å². The summed E-state index contributed by atoms with van der Waals surface area (Å²) in [6, 6.07) is 14.2. The summed E-state index contributed by atoms with van der Waals surface area (Å²) in [5.74, 6) is 0. The van der Waals surface area contributed by atoms with E-state index < -0.39 is 0 Å². The molecule has 100 valence electrons. The van der Waals surface area contributed by atoms with Gasteiger partial charge >= 0.3 is 0 Å². The second-order valence-electron chi connectivity index (χ2n) is 4.73. The Morgan fingerprint density at radius 1 is 1.05 bits per heavy atom. The molecule has 0 radical (unpaired) electrons. The van der Waals surface area contributed by atoms with E-state index in [-0.39, 0.29) is 0 Å². The molecule has 0 bridgehead atoms. The van der Waals surface area contributed by atoms with Gasteiger partial charge in [0.2, 0.25) is 0 Å². The van der Waals surface area contributed by atoms with Crippen molar-refractivity contribution in [3.05, 3.63) is 58.6 Å². The molecule has 0 aromatic heterocycles. The van der Waals surface area contributed by atoms with E-state index in [4.69, 9.17) is 17.3 Å². The molecular weight excluding hydrogens is 256 g/mol. The minimum Gasteiger partial charge on any atom is -0.397 e. The quantitative estimate of drug-likeness (QED) is 0.850. The van der Waals surface area contributed by atoms with E-state index in [1.165, 1.54) is 11.1 Å². The van der Waals surface area contributed by atoms with E-state index in [2.05, 4.69) is 36.1 Å². The molecule has 0 aliphatic heterocycles. The van der Waals surface area contributed by atoms with E-state index in [1.807, 2.05) is 25.2 Å². The minimum absolute atomic E-state index is 0.706. The Bertz CT molecular complexity index is 549. The number of hydrogen-bond donors (Lipinski definition) is 1. The summed E-state index contributed by atoms with van der Waals surface area (Å²) in [5.41, 5.74) is 10.3. The Kier molecular flexibility index (Phi) is 4.33. The average molecular weight is 275 g/mol. The first-order chi connectivity index (χ1) is 9.10. The Morgan fingerprint density at radius 2 is 1.68 bits per heavy atom. The van der Waals surface area contributed by atoms with Crippen molar-refractivity contribution in [3.63, 3.8) is 0 Å². The number of hydrogen-bond acceptors (Lipinski definition) is 2. The summed E-state index contributed by atoms with van der Waals surface area (Å²) in [5, 5.41) is 0.706. The van der Waals surface area contributed by atoms with Gasteiger partial charge in [-0.2, -0.15) is 0 Å². The molecular formula is C16H19ClN2. The van der Waals surface area contributed by atoms with Gasteiger partial charge in [0.1, 0.15) is 0 Å². The van der Waals surface area contributed by atoms with Gasteiger partial charge < -0.3 is 10.6 Å². The molecule has 2 nitrogen and oxygen atoms in total. The van der Waals surface area contributed by atoms with Crippen molar-refractivity contribution in [2.45, 2.75) is 19.9 Å². The Labute approximate surface area is 119 Å². The lowest BCUT2D eigenvalue weighted by Gasteiger charge is -2.21. The number of halogens is 1. The van der Waals surface area contributed by atoms with Crippen molar-refractivity contribution >= 4 is 23.0 Å². The lowest BCUT2D eigenvalue weighted by molar-refractivity contribution is 0.923. The second-order valence-corrected chi connectivity index (χ2v) is 5.17. The van der Waals surface area contributed by atoms with E-state index >= 15 is 0 Å². The number of nitrogens with zero attached hydrogens (tertiary/aromatic N) is 1. The average Bonchev–Trinajstić information content (AvgIpc) is 2.42. The maximum atomic E-state index is 6.02. The predicted molar refractivity (Wildman–Crippen MR) is 83.8 cm³/mol. The summed E-state index contributed by atoms with van der Waals surface area (Å²) in [7, 11) is 2.02. The zero-order valence-corrected chi connectivity index (χ0v) is 12.1. The molecule has 19 heavy (non-hydrogen) atoms. The maximum absolute atomic E-state index is 6.02. The first-order valence-electron chi connectivity index (χ1n) is 6.44. The van der Waals surface area contributed by atoms with E-state index in [0.29, 0.717) is 5.02 Å². The Balaban J connectivity index is 2.15. The maximum Gasteiger partial charge on any atom is 0.0615 e. The molecule has 0 spiro atoms. The van der Waals surface area contributed by atoms with Gasteiger partial charge in [-0.05, 0) is 35.7 Å². The molecule has 2 rings (SSSR count). The normalized spacial score (nSPS) is 10.5. The van der Waals surface area contributed by atoms with Gasteiger partial charge in [0.05, 0.1) is 11.4 Å². The third kappa shape index (κ3) is 3.42. The smallest absolute Gasteiger partial charge is 0.0615 e. The zero-order valence-electron chi connectivity index (χ0n) is 11.4.